The first-order chi connectivity index (χ1) is 9.54. The first kappa shape index (κ1) is 14.7. The summed E-state index contributed by atoms with van der Waals surface area (Å²) in [7, 11) is 0. The summed E-state index contributed by atoms with van der Waals surface area (Å²) in [5.41, 5.74) is 0.572. The minimum atomic E-state index is -0.0200. The van der Waals surface area contributed by atoms with E-state index in [1.54, 1.807) is 10.6 Å². The molecule has 0 saturated heterocycles. The highest BCUT2D eigenvalue weighted by Crippen LogP contribution is 2.14. The molecule has 0 unspecified atom stereocenters. The third-order valence-electron chi connectivity index (χ3n) is 3.03. The molecule has 2 aromatic heterocycles. The largest absolute Gasteiger partial charge is 0.315 e. The molecule has 2 heterocycles. The molecule has 6 heteroatoms. The van der Waals surface area contributed by atoms with Gasteiger partial charge in [0.15, 0.2) is 10.6 Å². The fourth-order valence-electron chi connectivity index (χ4n) is 2.18. The Morgan fingerprint density at radius 3 is 2.85 bits per heavy atom. The molecule has 0 atom stereocenters. The van der Waals surface area contributed by atoms with Crippen LogP contribution in [-0.4, -0.2) is 19.3 Å². The van der Waals surface area contributed by atoms with Gasteiger partial charge >= 0.3 is 0 Å². The zero-order valence-corrected chi connectivity index (χ0v) is 12.9. The summed E-state index contributed by atoms with van der Waals surface area (Å²) in [6.45, 7) is 7.72. The molecule has 0 aliphatic carbocycles. The molecular formula is C14H20N4OS. The molecule has 108 valence electrons. The molecule has 0 aliphatic rings. The molecule has 2 aromatic rings. The normalized spacial score (nSPS) is 11.2. The summed E-state index contributed by atoms with van der Waals surface area (Å²) in [6.07, 6.45) is 2.73. The van der Waals surface area contributed by atoms with Crippen molar-refractivity contribution < 1.29 is 0 Å². The number of H-pyrrole nitrogens is 1. The van der Waals surface area contributed by atoms with Gasteiger partial charge < -0.3 is 4.57 Å². The van der Waals surface area contributed by atoms with Gasteiger partial charge in [0.2, 0.25) is 0 Å². The van der Waals surface area contributed by atoms with Crippen LogP contribution in [0.1, 0.15) is 27.2 Å². The molecule has 0 amide bonds. The highest BCUT2D eigenvalue weighted by Gasteiger charge is 2.14. The van der Waals surface area contributed by atoms with Gasteiger partial charge in [-0.1, -0.05) is 20.8 Å². The lowest BCUT2D eigenvalue weighted by Crippen LogP contribution is -2.22. The van der Waals surface area contributed by atoms with E-state index in [0.717, 1.165) is 13.0 Å². The van der Waals surface area contributed by atoms with Crippen LogP contribution in [0.25, 0.3) is 11.4 Å². The topological polar surface area (TPSA) is 55.6 Å². The monoisotopic (exact) mass is 292 g/mol. The highest BCUT2D eigenvalue weighted by atomic mass is 32.1. The number of rotatable bonds is 5. The van der Waals surface area contributed by atoms with E-state index in [-0.39, 0.29) is 5.56 Å². The average molecular weight is 292 g/mol. The van der Waals surface area contributed by atoms with Crippen LogP contribution in [-0.2, 0) is 13.1 Å². The number of hydrogen-bond donors (Lipinski definition) is 1. The van der Waals surface area contributed by atoms with Gasteiger partial charge in [0, 0.05) is 19.3 Å². The molecule has 0 bridgehead atoms. The molecule has 2 rings (SSSR count). The summed E-state index contributed by atoms with van der Waals surface area (Å²) in [5, 5.41) is 7.02. The van der Waals surface area contributed by atoms with E-state index in [1.807, 2.05) is 23.8 Å². The summed E-state index contributed by atoms with van der Waals surface area (Å²) >= 11 is 5.25. The Bertz CT molecular complexity index is 696. The smallest absolute Gasteiger partial charge is 0.261 e. The maximum atomic E-state index is 12.5. The number of nitrogens with zero attached hydrogens (tertiary/aromatic N) is 3. The van der Waals surface area contributed by atoms with Crippen molar-refractivity contribution >= 4 is 12.2 Å². The number of aromatic amines is 1. The maximum Gasteiger partial charge on any atom is 0.261 e. The van der Waals surface area contributed by atoms with E-state index < -0.39 is 0 Å². The van der Waals surface area contributed by atoms with Crippen molar-refractivity contribution in [1.82, 2.24) is 19.3 Å². The molecule has 0 radical (unpaired) electrons. The van der Waals surface area contributed by atoms with Crippen LogP contribution in [0.2, 0.25) is 0 Å². The Balaban J connectivity index is 2.55. The Hall–Kier alpha value is -1.69. The van der Waals surface area contributed by atoms with E-state index in [2.05, 4.69) is 24.0 Å². The molecule has 0 saturated carbocycles. The van der Waals surface area contributed by atoms with Crippen LogP contribution in [0, 0.1) is 10.7 Å². The number of pyridine rings is 1. The van der Waals surface area contributed by atoms with Crippen LogP contribution < -0.4 is 5.56 Å². The molecule has 0 aromatic carbocycles. The maximum absolute atomic E-state index is 12.5. The van der Waals surface area contributed by atoms with Gasteiger partial charge in [0.25, 0.3) is 5.56 Å². The summed E-state index contributed by atoms with van der Waals surface area (Å²) in [6, 6.07) is 3.68. The molecule has 5 nitrogen and oxygen atoms in total. The number of aryl methyl sites for hydroxylation is 1. The first-order valence-corrected chi connectivity index (χ1v) is 7.30. The summed E-state index contributed by atoms with van der Waals surface area (Å²) in [5.74, 6) is 1.05. The van der Waals surface area contributed by atoms with E-state index in [1.165, 1.54) is 0 Å². The predicted octanol–water partition coefficient (Wildman–Crippen LogP) is 2.84. The lowest BCUT2D eigenvalue weighted by atomic mass is 10.2. The molecule has 0 aliphatic heterocycles. The number of nitrogens with one attached hydrogen (secondary N) is 1. The van der Waals surface area contributed by atoms with Gasteiger partial charge in [-0.3, -0.25) is 14.5 Å². The van der Waals surface area contributed by atoms with E-state index >= 15 is 0 Å². The summed E-state index contributed by atoms with van der Waals surface area (Å²) < 4.78 is 4.17. The van der Waals surface area contributed by atoms with Crippen molar-refractivity contribution in [1.29, 1.82) is 0 Å². The minimum Gasteiger partial charge on any atom is -0.315 e. The minimum absolute atomic E-state index is 0.0200. The molecule has 1 N–H and O–H groups in total. The SMILES string of the molecule is CCCn1cccc(-c2n[nH]c(=S)n2CC(C)C)c1=O. The second-order valence-electron chi connectivity index (χ2n) is 5.28. The van der Waals surface area contributed by atoms with Crippen LogP contribution >= 0.6 is 12.2 Å². The van der Waals surface area contributed by atoms with Crippen molar-refractivity contribution in [3.05, 3.63) is 33.5 Å². The molecule has 0 spiro atoms. The lowest BCUT2D eigenvalue weighted by molar-refractivity contribution is 0.521. The summed E-state index contributed by atoms with van der Waals surface area (Å²) in [4.78, 5) is 12.5. The van der Waals surface area contributed by atoms with Gasteiger partial charge in [-0.05, 0) is 36.7 Å². The van der Waals surface area contributed by atoms with Gasteiger partial charge in [-0.15, -0.1) is 0 Å². The average Bonchev–Trinajstić information content (AvgIpc) is 2.74. The van der Waals surface area contributed by atoms with Gasteiger partial charge in [0.1, 0.15) is 0 Å². The van der Waals surface area contributed by atoms with E-state index in [4.69, 9.17) is 12.2 Å². The van der Waals surface area contributed by atoms with Crippen molar-refractivity contribution in [2.75, 3.05) is 0 Å². The first-order valence-electron chi connectivity index (χ1n) is 6.89. The van der Waals surface area contributed by atoms with Crippen molar-refractivity contribution in [2.24, 2.45) is 5.92 Å². The van der Waals surface area contributed by atoms with Crippen LogP contribution in [0.5, 0.6) is 0 Å². The predicted molar refractivity (Wildman–Crippen MR) is 82.2 cm³/mol. The Morgan fingerprint density at radius 1 is 1.45 bits per heavy atom. The second kappa shape index (κ2) is 6.17. The standard InChI is InChI=1S/C14H20N4OS/c1-4-7-17-8-5-6-11(13(17)19)12-15-16-14(20)18(12)9-10(2)3/h5-6,8,10H,4,7,9H2,1-3H3,(H,16,20). The number of aromatic nitrogens is 4. The van der Waals surface area contributed by atoms with Crippen molar-refractivity contribution in [2.45, 2.75) is 40.3 Å². The Morgan fingerprint density at radius 2 is 2.20 bits per heavy atom. The zero-order chi connectivity index (χ0) is 14.7. The third-order valence-corrected chi connectivity index (χ3v) is 3.34. The Kier molecular flexibility index (Phi) is 4.54. The van der Waals surface area contributed by atoms with Gasteiger partial charge in [-0.2, -0.15) is 5.10 Å². The van der Waals surface area contributed by atoms with Crippen LogP contribution in [0.4, 0.5) is 0 Å². The Labute approximate surface area is 123 Å². The quantitative estimate of drug-likeness (QED) is 0.862. The third kappa shape index (κ3) is 2.90. The molecule has 0 fully saturated rings. The van der Waals surface area contributed by atoms with E-state index in [0.29, 0.717) is 28.6 Å². The highest BCUT2D eigenvalue weighted by molar-refractivity contribution is 7.71. The number of hydrogen-bond acceptors (Lipinski definition) is 3. The van der Waals surface area contributed by atoms with Gasteiger partial charge in [0.05, 0.1) is 5.56 Å². The second-order valence-corrected chi connectivity index (χ2v) is 5.66. The van der Waals surface area contributed by atoms with Gasteiger partial charge in [-0.25, -0.2) is 0 Å². The van der Waals surface area contributed by atoms with Crippen molar-refractivity contribution in [3.8, 4) is 11.4 Å². The zero-order valence-electron chi connectivity index (χ0n) is 12.1. The van der Waals surface area contributed by atoms with Crippen LogP contribution in [0.3, 0.4) is 0 Å². The fraction of sp³-hybridized carbons (Fsp3) is 0.500. The van der Waals surface area contributed by atoms with E-state index in [9.17, 15) is 4.79 Å². The van der Waals surface area contributed by atoms with Crippen LogP contribution in [0.15, 0.2) is 23.1 Å². The van der Waals surface area contributed by atoms with Crippen molar-refractivity contribution in [3.63, 3.8) is 0 Å². The fourth-order valence-corrected chi connectivity index (χ4v) is 2.39. The molecule has 20 heavy (non-hydrogen) atoms. The molecular weight excluding hydrogens is 272 g/mol. The lowest BCUT2D eigenvalue weighted by Gasteiger charge is -2.10.